The molecule has 1 aromatic carbocycles. The first-order valence-electron chi connectivity index (χ1n) is 4.18. The van der Waals surface area contributed by atoms with Crippen molar-refractivity contribution in [2.75, 3.05) is 19.8 Å². The number of benzene rings is 1. The van der Waals surface area contributed by atoms with Gasteiger partial charge in [0.25, 0.3) is 0 Å². The van der Waals surface area contributed by atoms with E-state index in [0.29, 0.717) is 5.75 Å². The van der Waals surface area contributed by atoms with Crippen LogP contribution < -0.4 is 0 Å². The third-order valence-electron chi connectivity index (χ3n) is 1.66. The topological polar surface area (TPSA) is 20.3 Å². The summed E-state index contributed by atoms with van der Waals surface area (Å²) < 4.78 is 1.04. The highest BCUT2D eigenvalue weighted by atomic mass is 79.9. The molecule has 0 aliphatic carbocycles. The second kappa shape index (κ2) is 5.41. The third kappa shape index (κ3) is 3.72. The number of hydrogen-bond donors (Lipinski definition) is 0. The fraction of sp³-hybridized carbons (Fsp3) is 0.300. The first-order chi connectivity index (χ1) is 6.59. The Morgan fingerprint density at radius 3 is 2.79 bits per heavy atom. The summed E-state index contributed by atoms with van der Waals surface area (Å²) in [5.74, 6) is 0.624. The Morgan fingerprint density at radius 1 is 1.50 bits per heavy atom. The second-order valence-corrected chi connectivity index (χ2v) is 5.00. The highest BCUT2D eigenvalue weighted by Crippen LogP contribution is 2.21. The standard InChI is InChI=1S/C10H12BrNOS/c1-12(2)10(13)7-14-9-5-3-4-8(11)6-9/h3-6H,7H2,1-2H3. The van der Waals surface area contributed by atoms with E-state index < -0.39 is 0 Å². The Morgan fingerprint density at radius 2 is 2.21 bits per heavy atom. The molecule has 0 unspecified atom stereocenters. The summed E-state index contributed by atoms with van der Waals surface area (Å²) in [4.78, 5) is 14.0. The van der Waals surface area contributed by atoms with Crippen molar-refractivity contribution in [2.24, 2.45) is 0 Å². The molecule has 0 spiro atoms. The Balaban J connectivity index is 2.50. The molecular weight excluding hydrogens is 262 g/mol. The van der Waals surface area contributed by atoms with Gasteiger partial charge in [-0.1, -0.05) is 22.0 Å². The van der Waals surface area contributed by atoms with Gasteiger partial charge in [0, 0.05) is 23.5 Å². The molecule has 1 rings (SSSR count). The quantitative estimate of drug-likeness (QED) is 0.790. The summed E-state index contributed by atoms with van der Waals surface area (Å²) in [6.45, 7) is 0. The highest BCUT2D eigenvalue weighted by molar-refractivity contribution is 9.10. The molecule has 0 saturated heterocycles. The van der Waals surface area contributed by atoms with Crippen molar-refractivity contribution in [3.63, 3.8) is 0 Å². The zero-order valence-electron chi connectivity index (χ0n) is 8.16. The van der Waals surface area contributed by atoms with Crippen molar-refractivity contribution in [1.29, 1.82) is 0 Å². The summed E-state index contributed by atoms with van der Waals surface area (Å²) in [7, 11) is 3.54. The number of hydrogen-bond acceptors (Lipinski definition) is 2. The largest absolute Gasteiger partial charge is 0.348 e. The molecule has 76 valence electrons. The molecule has 1 aromatic rings. The van der Waals surface area contributed by atoms with Crippen LogP contribution in [0.4, 0.5) is 0 Å². The fourth-order valence-electron chi connectivity index (χ4n) is 0.831. The first-order valence-corrected chi connectivity index (χ1v) is 5.96. The van der Waals surface area contributed by atoms with Crippen LogP contribution >= 0.6 is 27.7 Å². The van der Waals surface area contributed by atoms with Crippen molar-refractivity contribution in [3.8, 4) is 0 Å². The van der Waals surface area contributed by atoms with E-state index in [2.05, 4.69) is 15.9 Å². The van der Waals surface area contributed by atoms with E-state index in [1.807, 2.05) is 24.3 Å². The van der Waals surface area contributed by atoms with Crippen LogP contribution in [0.5, 0.6) is 0 Å². The van der Waals surface area contributed by atoms with E-state index in [0.717, 1.165) is 9.37 Å². The second-order valence-electron chi connectivity index (χ2n) is 3.03. The van der Waals surface area contributed by atoms with Crippen molar-refractivity contribution in [3.05, 3.63) is 28.7 Å². The van der Waals surface area contributed by atoms with Gasteiger partial charge in [-0.25, -0.2) is 0 Å². The van der Waals surface area contributed by atoms with Crippen LogP contribution in [0.1, 0.15) is 0 Å². The Bertz CT molecular complexity index is 328. The number of halogens is 1. The Labute approximate surface area is 96.8 Å². The lowest BCUT2D eigenvalue weighted by atomic mass is 10.4. The number of nitrogens with zero attached hydrogens (tertiary/aromatic N) is 1. The lowest BCUT2D eigenvalue weighted by Gasteiger charge is -2.09. The average molecular weight is 274 g/mol. The van der Waals surface area contributed by atoms with E-state index in [1.165, 1.54) is 0 Å². The lowest BCUT2D eigenvalue weighted by Crippen LogP contribution is -2.23. The van der Waals surface area contributed by atoms with Crippen LogP contribution in [0.25, 0.3) is 0 Å². The van der Waals surface area contributed by atoms with E-state index in [4.69, 9.17) is 0 Å². The van der Waals surface area contributed by atoms with Crippen LogP contribution in [-0.2, 0) is 4.79 Å². The van der Waals surface area contributed by atoms with Gasteiger partial charge in [0.2, 0.25) is 5.91 Å². The summed E-state index contributed by atoms with van der Waals surface area (Å²) in [6.07, 6.45) is 0. The van der Waals surface area contributed by atoms with E-state index in [9.17, 15) is 4.79 Å². The summed E-state index contributed by atoms with van der Waals surface area (Å²) >= 11 is 4.94. The van der Waals surface area contributed by atoms with Crippen molar-refractivity contribution < 1.29 is 4.79 Å². The monoisotopic (exact) mass is 273 g/mol. The number of rotatable bonds is 3. The lowest BCUT2D eigenvalue weighted by molar-refractivity contribution is -0.125. The minimum absolute atomic E-state index is 0.134. The van der Waals surface area contributed by atoms with Gasteiger partial charge in [-0.15, -0.1) is 11.8 Å². The van der Waals surface area contributed by atoms with Crippen LogP contribution in [0, 0.1) is 0 Å². The Hall–Kier alpha value is -0.480. The first kappa shape index (κ1) is 11.6. The molecule has 14 heavy (non-hydrogen) atoms. The molecule has 4 heteroatoms. The van der Waals surface area contributed by atoms with Gasteiger partial charge in [0.1, 0.15) is 0 Å². The molecule has 0 bridgehead atoms. The smallest absolute Gasteiger partial charge is 0.232 e. The van der Waals surface area contributed by atoms with Crippen molar-refractivity contribution in [1.82, 2.24) is 4.90 Å². The third-order valence-corrected chi connectivity index (χ3v) is 3.13. The summed E-state index contributed by atoms with van der Waals surface area (Å²) in [5.41, 5.74) is 0. The van der Waals surface area contributed by atoms with Gasteiger partial charge in [0.05, 0.1) is 5.75 Å². The van der Waals surface area contributed by atoms with Gasteiger partial charge in [0.15, 0.2) is 0 Å². The van der Waals surface area contributed by atoms with Crippen molar-refractivity contribution in [2.45, 2.75) is 4.90 Å². The fourth-order valence-corrected chi connectivity index (χ4v) is 2.32. The molecule has 0 fully saturated rings. The summed E-state index contributed by atoms with van der Waals surface area (Å²) in [6, 6.07) is 7.94. The summed E-state index contributed by atoms with van der Waals surface area (Å²) in [5, 5.41) is 0. The number of thioether (sulfide) groups is 1. The van der Waals surface area contributed by atoms with Crippen LogP contribution in [0.15, 0.2) is 33.6 Å². The van der Waals surface area contributed by atoms with Gasteiger partial charge >= 0.3 is 0 Å². The van der Waals surface area contributed by atoms with Gasteiger partial charge in [-0.3, -0.25) is 4.79 Å². The van der Waals surface area contributed by atoms with Crippen LogP contribution in [0.2, 0.25) is 0 Å². The highest BCUT2D eigenvalue weighted by Gasteiger charge is 2.04. The Kier molecular flexibility index (Phi) is 4.48. The van der Waals surface area contributed by atoms with E-state index >= 15 is 0 Å². The zero-order chi connectivity index (χ0) is 10.6. The maximum Gasteiger partial charge on any atom is 0.232 e. The SMILES string of the molecule is CN(C)C(=O)CSc1cccc(Br)c1. The van der Waals surface area contributed by atoms with Crippen LogP contribution in [0.3, 0.4) is 0 Å². The molecule has 0 saturated carbocycles. The zero-order valence-corrected chi connectivity index (χ0v) is 10.6. The average Bonchev–Trinajstić information content (AvgIpc) is 2.14. The molecule has 1 amide bonds. The molecule has 0 radical (unpaired) electrons. The predicted octanol–water partition coefficient (Wildman–Crippen LogP) is 2.63. The maximum atomic E-state index is 11.3. The minimum atomic E-state index is 0.134. The molecule has 2 nitrogen and oxygen atoms in total. The normalized spacial score (nSPS) is 9.93. The molecule has 0 aromatic heterocycles. The minimum Gasteiger partial charge on any atom is -0.348 e. The molecule has 0 N–H and O–H groups in total. The van der Waals surface area contributed by atoms with Crippen molar-refractivity contribution >= 4 is 33.6 Å². The number of amides is 1. The van der Waals surface area contributed by atoms with Gasteiger partial charge in [-0.2, -0.15) is 0 Å². The maximum absolute atomic E-state index is 11.3. The molecule has 0 atom stereocenters. The predicted molar refractivity (Wildman–Crippen MR) is 63.6 cm³/mol. The number of carbonyl (C=O) groups excluding carboxylic acids is 1. The van der Waals surface area contributed by atoms with Crippen LogP contribution in [-0.4, -0.2) is 30.7 Å². The van der Waals surface area contributed by atoms with E-state index in [1.54, 1.807) is 30.8 Å². The van der Waals surface area contributed by atoms with Gasteiger partial charge in [-0.05, 0) is 18.2 Å². The van der Waals surface area contributed by atoms with Gasteiger partial charge < -0.3 is 4.90 Å². The molecular formula is C10H12BrNOS. The molecule has 0 aliphatic rings. The molecule has 0 aliphatic heterocycles. The molecule has 0 heterocycles. The van der Waals surface area contributed by atoms with E-state index in [-0.39, 0.29) is 5.91 Å². The number of carbonyl (C=O) groups is 1.